The summed E-state index contributed by atoms with van der Waals surface area (Å²) >= 11 is 1.45. The molecular weight excluding hydrogens is 352 g/mol. The summed E-state index contributed by atoms with van der Waals surface area (Å²) in [5.74, 6) is -2.00. The minimum absolute atomic E-state index is 0.231. The molecule has 1 aromatic carbocycles. The van der Waals surface area contributed by atoms with E-state index in [0.717, 1.165) is 10.4 Å². The highest BCUT2D eigenvalue weighted by molar-refractivity contribution is 7.15. The van der Waals surface area contributed by atoms with Crippen molar-refractivity contribution in [2.24, 2.45) is 0 Å². The van der Waals surface area contributed by atoms with E-state index in [-0.39, 0.29) is 11.1 Å². The second kappa shape index (κ2) is 5.96. The van der Waals surface area contributed by atoms with Gasteiger partial charge < -0.3 is 9.40 Å². The summed E-state index contributed by atoms with van der Waals surface area (Å²) in [5, 5.41) is 1.23. The lowest BCUT2D eigenvalue weighted by Gasteiger charge is -2.13. The average molecular weight is 366 g/mol. The van der Waals surface area contributed by atoms with Crippen LogP contribution in [0, 0.1) is 13.8 Å². The number of aryl methyl sites for hydroxylation is 1. The zero-order valence-corrected chi connectivity index (χ0v) is 14.9. The number of fused-ring (bicyclic) bond motifs is 1. The predicted octanol–water partition coefficient (Wildman–Crippen LogP) is 3.52. The van der Waals surface area contributed by atoms with E-state index in [1.165, 1.54) is 23.5 Å². The molecule has 0 saturated carbocycles. The molecule has 1 aliphatic heterocycles. The van der Waals surface area contributed by atoms with Gasteiger partial charge in [-0.3, -0.25) is 9.59 Å². The molecule has 0 radical (unpaired) electrons. The van der Waals surface area contributed by atoms with Gasteiger partial charge in [-0.15, -0.1) is 11.3 Å². The molecule has 2 aromatic heterocycles. The lowest BCUT2D eigenvalue weighted by atomic mass is 10.1. The third-order valence-corrected chi connectivity index (χ3v) is 5.56. The van der Waals surface area contributed by atoms with Crippen LogP contribution in [-0.2, 0) is 4.84 Å². The number of nitrogens with zero attached hydrogens (tertiary/aromatic N) is 2. The fourth-order valence-electron chi connectivity index (χ4n) is 2.88. The smallest absolute Gasteiger partial charge is 0.324 e. The number of benzene rings is 1. The van der Waals surface area contributed by atoms with Gasteiger partial charge in [0.1, 0.15) is 10.6 Å². The number of amides is 2. The highest BCUT2D eigenvalue weighted by atomic mass is 32.1. The third kappa shape index (κ3) is 2.36. The number of thiophene rings is 1. The summed E-state index contributed by atoms with van der Waals surface area (Å²) in [6.45, 7) is 3.73. The second-order valence-electron chi connectivity index (χ2n) is 5.88. The van der Waals surface area contributed by atoms with Gasteiger partial charge >= 0.3 is 5.97 Å². The summed E-state index contributed by atoms with van der Waals surface area (Å²) in [7, 11) is 0. The molecule has 3 aromatic rings. The molecule has 0 unspecified atom stereocenters. The van der Waals surface area contributed by atoms with Gasteiger partial charge in [0.15, 0.2) is 0 Å². The summed E-state index contributed by atoms with van der Waals surface area (Å²) in [4.78, 5) is 43.8. The highest BCUT2D eigenvalue weighted by Crippen LogP contribution is 2.32. The topological polar surface area (TPSA) is 68.6 Å². The van der Waals surface area contributed by atoms with Gasteiger partial charge in [-0.1, -0.05) is 17.2 Å². The minimum Gasteiger partial charge on any atom is -0.324 e. The first-order chi connectivity index (χ1) is 12.5. The molecule has 4 rings (SSSR count). The number of hydrogen-bond acceptors (Lipinski definition) is 5. The second-order valence-corrected chi connectivity index (χ2v) is 7.09. The Balaban J connectivity index is 1.69. The fraction of sp³-hybridized carbons (Fsp3) is 0.105. The molecule has 1 aliphatic rings. The van der Waals surface area contributed by atoms with Crippen LogP contribution >= 0.6 is 11.3 Å². The van der Waals surface area contributed by atoms with E-state index in [2.05, 4.69) is 0 Å². The van der Waals surface area contributed by atoms with Gasteiger partial charge in [0.2, 0.25) is 0 Å². The SMILES string of the molecule is Cc1sc(-n2cccc2)c(C(=O)ON2C(=O)c3ccccc3C2=O)c1C. The van der Waals surface area contributed by atoms with Crippen molar-refractivity contribution in [2.75, 3.05) is 0 Å². The quantitative estimate of drug-likeness (QED) is 0.665. The zero-order chi connectivity index (χ0) is 18.4. The van der Waals surface area contributed by atoms with Crippen LogP contribution in [0.1, 0.15) is 41.5 Å². The highest BCUT2D eigenvalue weighted by Gasteiger charge is 2.39. The van der Waals surface area contributed by atoms with Crippen molar-refractivity contribution in [1.82, 2.24) is 9.63 Å². The standard InChI is InChI=1S/C19H14N2O4S/c1-11-12(2)26-18(20-9-5-6-10-20)15(11)19(24)25-21-16(22)13-7-3-4-8-14(13)17(21)23/h3-10H,1-2H3. The van der Waals surface area contributed by atoms with E-state index >= 15 is 0 Å². The first kappa shape index (κ1) is 16.3. The summed E-state index contributed by atoms with van der Waals surface area (Å²) in [5.41, 5.74) is 1.57. The average Bonchev–Trinajstić information content (AvgIpc) is 3.32. The molecule has 0 N–H and O–H groups in total. The van der Waals surface area contributed by atoms with Crippen molar-refractivity contribution < 1.29 is 19.2 Å². The van der Waals surface area contributed by atoms with Crippen LogP contribution in [0.2, 0.25) is 0 Å². The zero-order valence-electron chi connectivity index (χ0n) is 14.1. The van der Waals surface area contributed by atoms with Crippen molar-refractivity contribution in [2.45, 2.75) is 13.8 Å². The Bertz CT molecular complexity index is 1010. The van der Waals surface area contributed by atoms with Crippen molar-refractivity contribution in [3.63, 3.8) is 0 Å². The first-order valence-electron chi connectivity index (χ1n) is 7.92. The Labute approximate surface area is 153 Å². The molecule has 0 bridgehead atoms. The molecule has 0 atom stereocenters. The van der Waals surface area contributed by atoms with Gasteiger partial charge in [-0.25, -0.2) is 4.79 Å². The third-order valence-electron chi connectivity index (χ3n) is 4.34. The van der Waals surface area contributed by atoms with Crippen LogP contribution in [0.5, 0.6) is 0 Å². The lowest BCUT2D eigenvalue weighted by molar-refractivity contribution is -0.0584. The molecule has 0 aliphatic carbocycles. The Kier molecular flexibility index (Phi) is 3.73. The largest absolute Gasteiger partial charge is 0.367 e. The van der Waals surface area contributed by atoms with Gasteiger partial charge in [0.25, 0.3) is 11.8 Å². The van der Waals surface area contributed by atoms with Crippen LogP contribution in [0.4, 0.5) is 0 Å². The van der Waals surface area contributed by atoms with Crippen LogP contribution in [0.25, 0.3) is 5.00 Å². The van der Waals surface area contributed by atoms with Crippen molar-refractivity contribution in [3.8, 4) is 5.00 Å². The normalized spacial score (nSPS) is 13.2. The molecule has 2 amide bonds. The molecule has 6 nitrogen and oxygen atoms in total. The van der Waals surface area contributed by atoms with E-state index in [9.17, 15) is 14.4 Å². The van der Waals surface area contributed by atoms with Crippen molar-refractivity contribution in [3.05, 3.63) is 75.9 Å². The molecular formula is C19H14N2O4S. The summed E-state index contributed by atoms with van der Waals surface area (Å²) in [6, 6.07) is 10.1. The fourth-order valence-corrected chi connectivity index (χ4v) is 3.99. The molecule has 3 heterocycles. The Morgan fingerprint density at radius 3 is 2.12 bits per heavy atom. The van der Waals surface area contributed by atoms with E-state index in [1.54, 1.807) is 12.1 Å². The van der Waals surface area contributed by atoms with Crippen LogP contribution in [0.15, 0.2) is 48.8 Å². The van der Waals surface area contributed by atoms with Crippen molar-refractivity contribution in [1.29, 1.82) is 0 Å². The van der Waals surface area contributed by atoms with Gasteiger partial charge in [0.05, 0.1) is 11.1 Å². The van der Waals surface area contributed by atoms with Crippen LogP contribution in [-0.4, -0.2) is 27.4 Å². The van der Waals surface area contributed by atoms with Crippen LogP contribution < -0.4 is 0 Å². The number of hydrogen-bond donors (Lipinski definition) is 0. The molecule has 26 heavy (non-hydrogen) atoms. The van der Waals surface area contributed by atoms with Crippen LogP contribution in [0.3, 0.4) is 0 Å². The number of carbonyl (C=O) groups is 3. The van der Waals surface area contributed by atoms with Gasteiger partial charge in [-0.05, 0) is 43.7 Å². The Morgan fingerprint density at radius 2 is 1.54 bits per heavy atom. The molecule has 0 fully saturated rings. The number of hydroxylamine groups is 2. The number of aromatic nitrogens is 1. The summed E-state index contributed by atoms with van der Waals surface area (Å²) in [6.07, 6.45) is 3.65. The van der Waals surface area contributed by atoms with Gasteiger partial charge in [-0.2, -0.15) is 0 Å². The Hall–Kier alpha value is -3.19. The van der Waals surface area contributed by atoms with E-state index in [4.69, 9.17) is 4.84 Å². The van der Waals surface area contributed by atoms with E-state index < -0.39 is 17.8 Å². The molecule has 0 spiro atoms. The predicted molar refractivity (Wildman–Crippen MR) is 95.5 cm³/mol. The van der Waals surface area contributed by atoms with E-state index in [1.807, 2.05) is 42.9 Å². The maximum absolute atomic E-state index is 12.8. The maximum Gasteiger partial charge on any atom is 0.367 e. The monoisotopic (exact) mass is 366 g/mol. The van der Waals surface area contributed by atoms with E-state index in [0.29, 0.717) is 15.6 Å². The van der Waals surface area contributed by atoms with Gasteiger partial charge in [0, 0.05) is 17.3 Å². The minimum atomic E-state index is -0.731. The van der Waals surface area contributed by atoms with Crippen molar-refractivity contribution >= 4 is 29.1 Å². The Morgan fingerprint density at radius 1 is 0.962 bits per heavy atom. The lowest BCUT2D eigenvalue weighted by Crippen LogP contribution is -2.33. The number of rotatable bonds is 3. The summed E-state index contributed by atoms with van der Waals surface area (Å²) < 4.78 is 1.81. The number of carbonyl (C=O) groups excluding carboxylic acids is 3. The molecule has 7 heteroatoms. The molecule has 0 saturated heterocycles. The maximum atomic E-state index is 12.8. The molecule has 130 valence electrons. The number of imide groups is 1. The first-order valence-corrected chi connectivity index (χ1v) is 8.74.